The molecule has 1 unspecified atom stereocenters. The second-order valence-corrected chi connectivity index (χ2v) is 11.7. The van der Waals surface area contributed by atoms with Crippen molar-refractivity contribution in [2.75, 3.05) is 38.7 Å². The number of halogens is 1. The van der Waals surface area contributed by atoms with Crippen molar-refractivity contribution in [1.82, 2.24) is 9.88 Å². The zero-order valence-corrected chi connectivity index (χ0v) is 25.2. The van der Waals surface area contributed by atoms with Gasteiger partial charge in [-0.3, -0.25) is 9.69 Å². The number of nitrogens with zero attached hydrogens (tertiary/aromatic N) is 2. The van der Waals surface area contributed by atoms with Crippen molar-refractivity contribution in [3.8, 4) is 11.5 Å². The van der Waals surface area contributed by atoms with E-state index in [2.05, 4.69) is 25.2 Å². The van der Waals surface area contributed by atoms with Crippen LogP contribution in [0.15, 0.2) is 18.2 Å². The predicted octanol–water partition coefficient (Wildman–Crippen LogP) is 6.13. The van der Waals surface area contributed by atoms with Crippen molar-refractivity contribution in [2.45, 2.75) is 96.8 Å². The maximum Gasteiger partial charge on any atom is 0.325 e. The zero-order chi connectivity index (χ0) is 29.5. The summed E-state index contributed by atoms with van der Waals surface area (Å²) < 4.78 is 32.3. The molecule has 2 aliphatic rings. The van der Waals surface area contributed by atoms with Crippen LogP contribution in [0.2, 0.25) is 0 Å². The highest BCUT2D eigenvalue weighted by molar-refractivity contribution is 5.77. The summed E-state index contributed by atoms with van der Waals surface area (Å²) in [4.78, 5) is 19.1. The van der Waals surface area contributed by atoms with Crippen LogP contribution in [0, 0.1) is 5.82 Å². The lowest BCUT2D eigenvalue weighted by molar-refractivity contribution is -0.143. The fraction of sp³-hybridized carbons (Fsp3) is 0.625. The molecule has 2 N–H and O–H groups in total. The highest BCUT2D eigenvalue weighted by atomic mass is 19.1. The summed E-state index contributed by atoms with van der Waals surface area (Å²) in [7, 11) is 1.38. The number of carboxylic acid groups (broad SMARTS) is 1. The normalized spacial score (nSPS) is 17.9. The van der Waals surface area contributed by atoms with Gasteiger partial charge in [-0.2, -0.15) is 0 Å². The molecule has 0 saturated carbocycles. The Labute approximate surface area is 243 Å². The number of carboxylic acids is 1. The van der Waals surface area contributed by atoms with E-state index in [-0.39, 0.29) is 23.9 Å². The third kappa shape index (κ3) is 7.89. The second-order valence-electron chi connectivity index (χ2n) is 11.7. The summed E-state index contributed by atoms with van der Waals surface area (Å²) in [5, 5.41) is 13.6. The van der Waals surface area contributed by atoms with Gasteiger partial charge in [-0.1, -0.05) is 20.3 Å². The minimum atomic E-state index is -1.02. The predicted molar refractivity (Wildman–Crippen MR) is 158 cm³/mol. The number of anilines is 1. The number of likely N-dealkylation sites (tertiary alicyclic amines) is 1. The quantitative estimate of drug-likeness (QED) is 0.262. The molecule has 9 heteroatoms. The number of ether oxygens (including phenoxy) is 3. The van der Waals surface area contributed by atoms with Gasteiger partial charge >= 0.3 is 5.97 Å². The van der Waals surface area contributed by atoms with E-state index >= 15 is 0 Å². The van der Waals surface area contributed by atoms with Gasteiger partial charge in [-0.05, 0) is 76.0 Å². The molecule has 0 aliphatic carbocycles. The molecule has 1 aromatic heterocycles. The number of aryl methyl sites for hydroxylation is 1. The molecule has 0 bridgehead atoms. The molecule has 3 heterocycles. The van der Waals surface area contributed by atoms with Crippen LogP contribution in [-0.4, -0.2) is 66.5 Å². The SMILES string of the molecule is COc1c(F)cc(C(C)C)cc1C(C(=O)O)N1CC[C@@H](OCCCCCc2cc(OC(C)C)c3c(n2)NCCC3)C1. The highest BCUT2D eigenvalue weighted by Crippen LogP contribution is 2.37. The van der Waals surface area contributed by atoms with Gasteiger partial charge in [0.2, 0.25) is 0 Å². The fourth-order valence-electron chi connectivity index (χ4n) is 5.78. The first-order chi connectivity index (χ1) is 19.7. The summed E-state index contributed by atoms with van der Waals surface area (Å²) >= 11 is 0. The third-order valence-corrected chi connectivity index (χ3v) is 7.86. The van der Waals surface area contributed by atoms with E-state index in [1.807, 2.05) is 18.7 Å². The van der Waals surface area contributed by atoms with Gasteiger partial charge in [0.15, 0.2) is 11.6 Å². The maximum absolute atomic E-state index is 14.8. The molecular weight excluding hydrogens is 525 g/mol. The van der Waals surface area contributed by atoms with Crippen LogP contribution in [-0.2, 0) is 22.4 Å². The summed E-state index contributed by atoms with van der Waals surface area (Å²) in [6.07, 6.45) is 6.73. The minimum absolute atomic E-state index is 0.00162. The minimum Gasteiger partial charge on any atom is -0.493 e. The Hall–Kier alpha value is -2.91. The number of carbonyl (C=O) groups is 1. The molecule has 41 heavy (non-hydrogen) atoms. The summed E-state index contributed by atoms with van der Waals surface area (Å²) in [6, 6.07) is 4.31. The van der Waals surface area contributed by atoms with E-state index in [1.165, 1.54) is 18.7 Å². The smallest absolute Gasteiger partial charge is 0.325 e. The molecule has 1 saturated heterocycles. The molecule has 0 radical (unpaired) electrons. The number of rotatable bonds is 14. The van der Waals surface area contributed by atoms with Gasteiger partial charge < -0.3 is 24.6 Å². The number of fused-ring (bicyclic) bond motifs is 1. The summed E-state index contributed by atoms with van der Waals surface area (Å²) in [5.74, 6) is 0.438. The molecule has 0 amide bonds. The third-order valence-electron chi connectivity index (χ3n) is 7.86. The standard InChI is InChI=1S/C32H46FN3O5/c1-20(2)22-16-26(30(39-5)27(33)17-22)29(32(37)38)36-14-12-24(19-36)40-15-8-6-7-10-23-18-28(41-21(3)4)25-11-9-13-34-31(25)35-23/h16-18,20-21,24,29H,6-15,19H2,1-5H3,(H,34,35)(H,37,38)/t24-,29?/m1/s1. The van der Waals surface area contributed by atoms with E-state index in [4.69, 9.17) is 19.2 Å². The lowest BCUT2D eigenvalue weighted by Gasteiger charge is -2.27. The van der Waals surface area contributed by atoms with Gasteiger partial charge in [0, 0.05) is 49.1 Å². The van der Waals surface area contributed by atoms with Crippen molar-refractivity contribution in [3.05, 3.63) is 46.4 Å². The number of pyridine rings is 1. The van der Waals surface area contributed by atoms with E-state index in [0.717, 1.165) is 74.3 Å². The average Bonchev–Trinajstić information content (AvgIpc) is 3.38. The van der Waals surface area contributed by atoms with Crippen LogP contribution in [0.1, 0.15) is 94.1 Å². The molecule has 8 nitrogen and oxygen atoms in total. The first-order valence-corrected chi connectivity index (χ1v) is 15.1. The van der Waals surface area contributed by atoms with Crippen LogP contribution in [0.25, 0.3) is 0 Å². The number of hydrogen-bond acceptors (Lipinski definition) is 7. The second kappa shape index (κ2) is 14.3. The lowest BCUT2D eigenvalue weighted by atomic mass is 9.95. The van der Waals surface area contributed by atoms with Gasteiger partial charge in [0.1, 0.15) is 17.6 Å². The summed E-state index contributed by atoms with van der Waals surface area (Å²) in [5.41, 5.74) is 3.35. The number of hydrogen-bond donors (Lipinski definition) is 2. The topological polar surface area (TPSA) is 93.2 Å². The number of methoxy groups -OCH3 is 1. The van der Waals surface area contributed by atoms with E-state index in [0.29, 0.717) is 25.3 Å². The molecule has 1 fully saturated rings. The number of aromatic nitrogens is 1. The van der Waals surface area contributed by atoms with Crippen molar-refractivity contribution >= 4 is 11.8 Å². The maximum atomic E-state index is 14.8. The van der Waals surface area contributed by atoms with E-state index < -0.39 is 17.8 Å². The Morgan fingerprint density at radius 1 is 1.20 bits per heavy atom. The Balaban J connectivity index is 1.27. The number of unbranched alkanes of at least 4 members (excludes halogenated alkanes) is 2. The number of benzene rings is 1. The molecule has 2 aliphatic heterocycles. The van der Waals surface area contributed by atoms with Crippen LogP contribution in [0.4, 0.5) is 10.2 Å². The average molecular weight is 572 g/mol. The molecule has 0 spiro atoms. The Bertz CT molecular complexity index is 1190. The van der Waals surface area contributed by atoms with E-state index in [9.17, 15) is 14.3 Å². The van der Waals surface area contributed by atoms with Crippen molar-refractivity contribution in [1.29, 1.82) is 0 Å². The van der Waals surface area contributed by atoms with Crippen LogP contribution >= 0.6 is 0 Å². The largest absolute Gasteiger partial charge is 0.493 e. The zero-order valence-electron chi connectivity index (χ0n) is 25.2. The Morgan fingerprint density at radius 2 is 2.00 bits per heavy atom. The van der Waals surface area contributed by atoms with Crippen LogP contribution < -0.4 is 14.8 Å². The summed E-state index contributed by atoms with van der Waals surface area (Å²) in [6.45, 7) is 10.6. The molecular formula is C32H46FN3O5. The van der Waals surface area contributed by atoms with Crippen LogP contribution in [0.5, 0.6) is 11.5 Å². The molecule has 4 rings (SSSR count). The molecule has 226 valence electrons. The number of aliphatic carboxylic acids is 1. The Kier molecular flexibility index (Phi) is 10.8. The van der Waals surface area contributed by atoms with E-state index in [1.54, 1.807) is 6.07 Å². The van der Waals surface area contributed by atoms with Gasteiger partial charge in [-0.15, -0.1) is 0 Å². The number of nitrogens with one attached hydrogen (secondary N) is 1. The Morgan fingerprint density at radius 3 is 2.71 bits per heavy atom. The molecule has 1 aromatic carbocycles. The molecule has 2 atom stereocenters. The monoisotopic (exact) mass is 571 g/mol. The first-order valence-electron chi connectivity index (χ1n) is 15.1. The van der Waals surface area contributed by atoms with Gasteiger partial charge in [0.05, 0.1) is 19.3 Å². The van der Waals surface area contributed by atoms with Crippen molar-refractivity contribution in [2.24, 2.45) is 0 Å². The lowest BCUT2D eigenvalue weighted by Crippen LogP contribution is -2.34. The molecule has 2 aromatic rings. The van der Waals surface area contributed by atoms with Gasteiger partial charge in [-0.25, -0.2) is 9.37 Å². The van der Waals surface area contributed by atoms with Crippen molar-refractivity contribution in [3.63, 3.8) is 0 Å². The van der Waals surface area contributed by atoms with Crippen molar-refractivity contribution < 1.29 is 28.5 Å². The van der Waals surface area contributed by atoms with Gasteiger partial charge in [0.25, 0.3) is 0 Å². The fourth-order valence-corrected chi connectivity index (χ4v) is 5.78. The first kappa shape index (κ1) is 31.0. The highest BCUT2D eigenvalue weighted by Gasteiger charge is 2.36. The van der Waals surface area contributed by atoms with Crippen LogP contribution in [0.3, 0.4) is 0 Å².